The highest BCUT2D eigenvalue weighted by atomic mass is 16.4. The molecule has 2 unspecified atom stereocenters. The number of carbonyl (C=O) groups is 2. The van der Waals surface area contributed by atoms with Crippen LogP contribution in [0.5, 0.6) is 0 Å². The lowest BCUT2D eigenvalue weighted by Gasteiger charge is -2.37. The Balaban J connectivity index is 1.96. The standard InChI is InChI=1S/C14H25N3O3/c1-14(12(18)19)6-8-17(10-14)13(20)16(3)11-5-4-7-15(2)9-11/h11H,4-10H2,1-3H3,(H,18,19). The van der Waals surface area contributed by atoms with Gasteiger partial charge in [0, 0.05) is 32.7 Å². The minimum atomic E-state index is -0.812. The fourth-order valence-corrected chi connectivity index (χ4v) is 3.13. The first kappa shape index (κ1) is 15.1. The average molecular weight is 283 g/mol. The first-order chi connectivity index (χ1) is 9.33. The topological polar surface area (TPSA) is 64.1 Å². The van der Waals surface area contributed by atoms with E-state index < -0.39 is 11.4 Å². The van der Waals surface area contributed by atoms with E-state index in [4.69, 9.17) is 0 Å². The van der Waals surface area contributed by atoms with Gasteiger partial charge in [0.15, 0.2) is 0 Å². The molecule has 0 aromatic rings. The van der Waals surface area contributed by atoms with E-state index in [1.54, 1.807) is 16.7 Å². The lowest BCUT2D eigenvalue weighted by Crippen LogP contribution is -2.51. The third-order valence-corrected chi connectivity index (χ3v) is 4.71. The van der Waals surface area contributed by atoms with Gasteiger partial charge in [-0.2, -0.15) is 0 Å². The molecule has 0 aromatic heterocycles. The van der Waals surface area contributed by atoms with Gasteiger partial charge in [-0.05, 0) is 39.8 Å². The SMILES string of the molecule is CN1CCCC(N(C)C(=O)N2CCC(C)(C(=O)O)C2)C1. The van der Waals surface area contributed by atoms with Crippen molar-refractivity contribution in [1.29, 1.82) is 0 Å². The number of amides is 2. The highest BCUT2D eigenvalue weighted by Gasteiger charge is 2.43. The molecule has 2 amide bonds. The predicted molar refractivity (Wildman–Crippen MR) is 75.6 cm³/mol. The van der Waals surface area contributed by atoms with Gasteiger partial charge in [0.05, 0.1) is 5.41 Å². The molecule has 2 atom stereocenters. The Morgan fingerprint density at radius 3 is 2.60 bits per heavy atom. The molecule has 1 N–H and O–H groups in total. The van der Waals surface area contributed by atoms with E-state index in [1.807, 2.05) is 7.05 Å². The van der Waals surface area contributed by atoms with Crippen LogP contribution in [0.2, 0.25) is 0 Å². The van der Waals surface area contributed by atoms with Gasteiger partial charge in [0.2, 0.25) is 0 Å². The van der Waals surface area contributed by atoms with Crippen LogP contribution in [0.3, 0.4) is 0 Å². The molecule has 114 valence electrons. The second-order valence-corrected chi connectivity index (χ2v) is 6.49. The number of likely N-dealkylation sites (tertiary alicyclic amines) is 2. The summed E-state index contributed by atoms with van der Waals surface area (Å²) in [6, 6.07) is 0.202. The van der Waals surface area contributed by atoms with Crippen LogP contribution in [0.25, 0.3) is 0 Å². The molecule has 0 spiro atoms. The molecule has 2 aliphatic rings. The molecule has 6 heteroatoms. The number of hydrogen-bond acceptors (Lipinski definition) is 3. The second kappa shape index (κ2) is 5.60. The van der Waals surface area contributed by atoms with Gasteiger partial charge in [-0.25, -0.2) is 4.79 Å². The Hall–Kier alpha value is -1.30. The summed E-state index contributed by atoms with van der Waals surface area (Å²) in [5.74, 6) is -0.812. The van der Waals surface area contributed by atoms with Gasteiger partial charge in [-0.15, -0.1) is 0 Å². The molecule has 2 fully saturated rings. The van der Waals surface area contributed by atoms with Gasteiger partial charge in [-0.3, -0.25) is 4.79 Å². The average Bonchev–Trinajstić information content (AvgIpc) is 2.81. The number of nitrogens with zero attached hydrogens (tertiary/aromatic N) is 3. The molecule has 20 heavy (non-hydrogen) atoms. The number of likely N-dealkylation sites (N-methyl/N-ethyl adjacent to an activating group) is 2. The molecule has 0 saturated carbocycles. The van der Waals surface area contributed by atoms with Crippen molar-refractivity contribution >= 4 is 12.0 Å². The summed E-state index contributed by atoms with van der Waals surface area (Å²) in [6.07, 6.45) is 2.66. The molecule has 2 rings (SSSR count). The van der Waals surface area contributed by atoms with E-state index in [1.165, 1.54) is 0 Å². The number of carbonyl (C=O) groups excluding carboxylic acids is 1. The Bertz CT molecular complexity index is 401. The summed E-state index contributed by atoms with van der Waals surface area (Å²) < 4.78 is 0. The maximum atomic E-state index is 12.5. The monoisotopic (exact) mass is 283 g/mol. The molecule has 0 radical (unpaired) electrons. The van der Waals surface area contributed by atoms with E-state index in [0.29, 0.717) is 19.5 Å². The Morgan fingerprint density at radius 1 is 1.35 bits per heavy atom. The van der Waals surface area contributed by atoms with E-state index in [9.17, 15) is 14.7 Å². The summed E-state index contributed by atoms with van der Waals surface area (Å²) in [5, 5.41) is 9.24. The van der Waals surface area contributed by atoms with Crippen LogP contribution < -0.4 is 0 Å². The second-order valence-electron chi connectivity index (χ2n) is 6.49. The smallest absolute Gasteiger partial charge is 0.320 e. The van der Waals surface area contributed by atoms with Crippen LogP contribution >= 0.6 is 0 Å². The zero-order valence-electron chi connectivity index (χ0n) is 12.6. The predicted octanol–water partition coefficient (Wildman–Crippen LogP) is 0.929. The van der Waals surface area contributed by atoms with Crippen molar-refractivity contribution in [3.05, 3.63) is 0 Å². The highest BCUT2D eigenvalue weighted by molar-refractivity contribution is 5.79. The van der Waals surface area contributed by atoms with E-state index in [0.717, 1.165) is 25.9 Å². The fraction of sp³-hybridized carbons (Fsp3) is 0.857. The van der Waals surface area contributed by atoms with E-state index >= 15 is 0 Å². The van der Waals surface area contributed by atoms with Crippen molar-refractivity contribution in [1.82, 2.24) is 14.7 Å². The lowest BCUT2D eigenvalue weighted by atomic mass is 9.90. The summed E-state index contributed by atoms with van der Waals surface area (Å²) in [7, 11) is 3.91. The van der Waals surface area contributed by atoms with Gasteiger partial charge >= 0.3 is 12.0 Å². The maximum Gasteiger partial charge on any atom is 0.320 e. The van der Waals surface area contributed by atoms with Crippen LogP contribution in [0, 0.1) is 5.41 Å². The molecule has 6 nitrogen and oxygen atoms in total. The summed E-state index contributed by atoms with van der Waals surface area (Å²) in [5.41, 5.74) is -0.792. The molecule has 2 heterocycles. The van der Waals surface area contributed by atoms with Crippen molar-refractivity contribution in [3.8, 4) is 0 Å². The fourth-order valence-electron chi connectivity index (χ4n) is 3.13. The molecule has 2 aliphatic heterocycles. The van der Waals surface area contributed by atoms with E-state index in [-0.39, 0.29) is 12.1 Å². The van der Waals surface area contributed by atoms with Gasteiger partial charge in [0.1, 0.15) is 0 Å². The number of piperidine rings is 1. The van der Waals surface area contributed by atoms with Crippen LogP contribution in [0.1, 0.15) is 26.2 Å². The Labute approximate surface area is 120 Å². The van der Waals surface area contributed by atoms with Crippen LogP contribution in [0.15, 0.2) is 0 Å². The zero-order chi connectivity index (χ0) is 14.9. The number of hydrogen-bond donors (Lipinski definition) is 1. The van der Waals surface area contributed by atoms with Crippen molar-refractivity contribution in [2.45, 2.75) is 32.2 Å². The highest BCUT2D eigenvalue weighted by Crippen LogP contribution is 2.31. The lowest BCUT2D eigenvalue weighted by molar-refractivity contribution is -0.147. The summed E-state index contributed by atoms with van der Waals surface area (Å²) in [6.45, 7) is 4.55. The van der Waals surface area contributed by atoms with E-state index in [2.05, 4.69) is 11.9 Å². The number of carboxylic acids is 1. The number of rotatable bonds is 2. The first-order valence-corrected chi connectivity index (χ1v) is 7.27. The number of urea groups is 1. The molecule has 0 aromatic carbocycles. The molecular formula is C14H25N3O3. The zero-order valence-corrected chi connectivity index (χ0v) is 12.6. The summed E-state index contributed by atoms with van der Waals surface area (Å²) >= 11 is 0. The Kier molecular flexibility index (Phi) is 4.22. The summed E-state index contributed by atoms with van der Waals surface area (Å²) in [4.78, 5) is 29.5. The van der Waals surface area contributed by atoms with Crippen LogP contribution in [0.4, 0.5) is 4.79 Å². The van der Waals surface area contributed by atoms with Crippen molar-refractivity contribution < 1.29 is 14.7 Å². The normalized spacial score (nSPS) is 31.4. The molecule has 0 bridgehead atoms. The van der Waals surface area contributed by atoms with Crippen LogP contribution in [-0.2, 0) is 4.79 Å². The first-order valence-electron chi connectivity index (χ1n) is 7.27. The third kappa shape index (κ3) is 2.90. The van der Waals surface area contributed by atoms with Gasteiger partial charge in [0.25, 0.3) is 0 Å². The largest absolute Gasteiger partial charge is 0.481 e. The minimum Gasteiger partial charge on any atom is -0.481 e. The van der Waals surface area contributed by atoms with Crippen molar-refractivity contribution in [2.75, 3.05) is 40.3 Å². The van der Waals surface area contributed by atoms with Crippen molar-refractivity contribution in [2.24, 2.45) is 5.41 Å². The maximum absolute atomic E-state index is 12.5. The molecule has 0 aliphatic carbocycles. The van der Waals surface area contributed by atoms with Crippen LogP contribution in [-0.4, -0.2) is 78.1 Å². The molecular weight excluding hydrogens is 258 g/mol. The molecule has 2 saturated heterocycles. The number of aliphatic carboxylic acids is 1. The van der Waals surface area contributed by atoms with Crippen molar-refractivity contribution in [3.63, 3.8) is 0 Å². The van der Waals surface area contributed by atoms with Gasteiger partial charge < -0.3 is 19.8 Å². The third-order valence-electron chi connectivity index (χ3n) is 4.71. The van der Waals surface area contributed by atoms with Gasteiger partial charge in [-0.1, -0.05) is 0 Å². The number of carboxylic acid groups (broad SMARTS) is 1. The minimum absolute atomic E-state index is 0.0322. The Morgan fingerprint density at radius 2 is 2.05 bits per heavy atom. The quantitative estimate of drug-likeness (QED) is 0.819.